The van der Waals surface area contributed by atoms with E-state index in [9.17, 15) is 0 Å². The molecular weight excluding hydrogens is 169 g/mol. The van der Waals surface area contributed by atoms with Crippen molar-refractivity contribution in [1.29, 1.82) is 0 Å². The van der Waals surface area contributed by atoms with Crippen LogP contribution in [0.1, 0.15) is 54.9 Å². The Labute approximate surface area is 92.8 Å². The van der Waals surface area contributed by atoms with Gasteiger partial charge < -0.3 is 0 Å². The van der Waals surface area contributed by atoms with Gasteiger partial charge in [0.2, 0.25) is 0 Å². The van der Waals surface area contributed by atoms with Gasteiger partial charge in [0.15, 0.2) is 0 Å². The van der Waals surface area contributed by atoms with Crippen LogP contribution in [0, 0.1) is 5.41 Å². The van der Waals surface area contributed by atoms with Crippen molar-refractivity contribution >= 4 is 8.41 Å². The second-order valence-corrected chi connectivity index (χ2v) is 5.72. The summed E-state index contributed by atoms with van der Waals surface area (Å²) in [6, 6.07) is 0. The number of hydrogen-bond donors (Lipinski definition) is 0. The summed E-state index contributed by atoms with van der Waals surface area (Å²) in [6.07, 6.45) is 1.25. The zero-order chi connectivity index (χ0) is 10.7. The van der Waals surface area contributed by atoms with E-state index in [2.05, 4.69) is 53.4 Å². The summed E-state index contributed by atoms with van der Waals surface area (Å²) < 4.78 is 0. The Morgan fingerprint density at radius 2 is 1.21 bits per heavy atom. The molecule has 0 aliphatic carbocycles. The minimum Gasteiger partial charge on any atom is -0.299 e. The Kier molecular flexibility index (Phi) is 6.81. The Balaban J connectivity index is 0. The van der Waals surface area contributed by atoms with Crippen LogP contribution < -0.4 is 0 Å². The van der Waals surface area contributed by atoms with Gasteiger partial charge in [-0.3, -0.25) is 4.90 Å². The third-order valence-corrected chi connectivity index (χ3v) is 2.58. The molecule has 0 aromatic heterocycles. The highest BCUT2D eigenvalue weighted by atomic mass is 15.2. The van der Waals surface area contributed by atoms with Crippen molar-refractivity contribution in [2.75, 3.05) is 13.1 Å². The molecule has 0 radical (unpaired) electrons. The molecule has 0 saturated carbocycles. The van der Waals surface area contributed by atoms with Crippen molar-refractivity contribution in [1.82, 2.24) is 4.90 Å². The molecule has 2 heteroatoms. The molecule has 0 unspecified atom stereocenters. The lowest BCUT2D eigenvalue weighted by atomic mass is 9.81. The molecule has 0 aromatic carbocycles. The van der Waals surface area contributed by atoms with Crippen LogP contribution in [0.5, 0.6) is 0 Å². The summed E-state index contributed by atoms with van der Waals surface area (Å²) in [4.78, 5) is 2.54. The van der Waals surface area contributed by atoms with Crippen LogP contribution in [0.3, 0.4) is 0 Å². The monoisotopic (exact) mass is 199 g/mol. The molecule has 1 nitrogen and oxygen atoms in total. The Hall–Kier alpha value is 0.0249. The normalized spacial score (nSPS) is 12.9. The molecule has 0 heterocycles. The molecule has 86 valence electrons. The lowest BCUT2D eigenvalue weighted by Crippen LogP contribution is -2.46. The summed E-state index contributed by atoms with van der Waals surface area (Å²) in [5, 5.41) is 0. The lowest BCUT2D eigenvalue weighted by molar-refractivity contribution is 0.0878. The van der Waals surface area contributed by atoms with Crippen molar-refractivity contribution in [2.24, 2.45) is 5.41 Å². The van der Waals surface area contributed by atoms with Crippen molar-refractivity contribution in [2.45, 2.75) is 60.4 Å². The van der Waals surface area contributed by atoms with E-state index in [0.29, 0.717) is 11.0 Å². The maximum absolute atomic E-state index is 2.54. The smallest absolute Gasteiger partial charge is 0.0814 e. The first kappa shape index (κ1) is 16.5. The van der Waals surface area contributed by atoms with Gasteiger partial charge in [-0.1, -0.05) is 34.6 Å². The van der Waals surface area contributed by atoms with E-state index in [1.54, 1.807) is 0 Å². The molecule has 0 saturated heterocycles. The van der Waals surface area contributed by atoms with Gasteiger partial charge in [-0.05, 0) is 38.8 Å². The van der Waals surface area contributed by atoms with Gasteiger partial charge in [-0.15, -0.1) is 0 Å². The van der Waals surface area contributed by atoms with Crippen LogP contribution >= 0.6 is 0 Å². The SMILES string of the molecule is B.CCN(CC)C(C)(C)CC(C)(C)C. The summed E-state index contributed by atoms with van der Waals surface area (Å²) in [7, 11) is 0. The molecule has 0 aliphatic heterocycles. The largest absolute Gasteiger partial charge is 0.299 e. The van der Waals surface area contributed by atoms with Crippen LogP contribution in [0.2, 0.25) is 0 Å². The molecule has 0 amide bonds. The summed E-state index contributed by atoms with van der Waals surface area (Å²) in [6.45, 7) is 18.5. The lowest BCUT2D eigenvalue weighted by Gasteiger charge is -2.41. The zero-order valence-corrected chi connectivity index (χ0v) is 10.6. The highest BCUT2D eigenvalue weighted by molar-refractivity contribution is 5.75. The first-order valence-electron chi connectivity index (χ1n) is 5.48. The van der Waals surface area contributed by atoms with Gasteiger partial charge >= 0.3 is 0 Å². The van der Waals surface area contributed by atoms with E-state index in [1.807, 2.05) is 0 Å². The predicted octanol–water partition coefficient (Wildman–Crippen LogP) is 2.36. The van der Waals surface area contributed by atoms with Crippen molar-refractivity contribution in [3.63, 3.8) is 0 Å². The summed E-state index contributed by atoms with van der Waals surface area (Å²) in [5.74, 6) is 0. The van der Waals surface area contributed by atoms with Crippen molar-refractivity contribution in [3.05, 3.63) is 0 Å². The van der Waals surface area contributed by atoms with E-state index in [0.717, 1.165) is 13.1 Å². The van der Waals surface area contributed by atoms with Gasteiger partial charge in [-0.25, -0.2) is 0 Å². The van der Waals surface area contributed by atoms with Crippen LogP contribution in [0.4, 0.5) is 0 Å². The van der Waals surface area contributed by atoms with E-state index in [4.69, 9.17) is 0 Å². The molecule has 0 bridgehead atoms. The number of hydrogen-bond acceptors (Lipinski definition) is 1. The molecule has 0 N–H and O–H groups in total. The highest BCUT2D eigenvalue weighted by Gasteiger charge is 2.29. The van der Waals surface area contributed by atoms with Crippen LogP contribution in [-0.4, -0.2) is 31.9 Å². The molecule has 0 aromatic rings. The third kappa shape index (κ3) is 5.69. The zero-order valence-electron chi connectivity index (χ0n) is 10.6. The average molecular weight is 199 g/mol. The van der Waals surface area contributed by atoms with Gasteiger partial charge in [0, 0.05) is 5.54 Å². The fourth-order valence-corrected chi connectivity index (χ4v) is 2.49. The Bertz CT molecular complexity index is 143. The fraction of sp³-hybridized carbons (Fsp3) is 1.00. The van der Waals surface area contributed by atoms with Crippen LogP contribution in [-0.2, 0) is 0 Å². The van der Waals surface area contributed by atoms with Crippen molar-refractivity contribution in [3.8, 4) is 0 Å². The summed E-state index contributed by atoms with van der Waals surface area (Å²) >= 11 is 0. The first-order valence-corrected chi connectivity index (χ1v) is 5.48. The molecule has 0 fully saturated rings. The molecule has 14 heavy (non-hydrogen) atoms. The second kappa shape index (κ2) is 5.80. The predicted molar refractivity (Wildman–Crippen MR) is 71.0 cm³/mol. The average Bonchev–Trinajstić information content (AvgIpc) is 1.83. The standard InChI is InChI=1S/C12H27N.BH3/c1-8-13(9-2)12(6,7)10-11(3,4)5;/h8-10H2,1-7H3;1H3. The second-order valence-electron chi connectivity index (χ2n) is 5.72. The quantitative estimate of drug-likeness (QED) is 0.628. The molecule has 0 aliphatic rings. The van der Waals surface area contributed by atoms with Gasteiger partial charge in [-0.2, -0.15) is 0 Å². The Morgan fingerprint density at radius 3 is 1.43 bits per heavy atom. The summed E-state index contributed by atoms with van der Waals surface area (Å²) in [5.41, 5.74) is 0.758. The number of rotatable bonds is 4. The maximum Gasteiger partial charge on any atom is 0.0814 e. The molecule has 0 spiro atoms. The third-order valence-electron chi connectivity index (χ3n) is 2.58. The highest BCUT2D eigenvalue weighted by Crippen LogP contribution is 2.30. The van der Waals surface area contributed by atoms with E-state index >= 15 is 0 Å². The Morgan fingerprint density at radius 1 is 0.857 bits per heavy atom. The first-order chi connectivity index (χ1) is 5.73. The minimum absolute atomic E-state index is 0. The van der Waals surface area contributed by atoms with E-state index < -0.39 is 0 Å². The van der Waals surface area contributed by atoms with Crippen molar-refractivity contribution < 1.29 is 0 Å². The maximum atomic E-state index is 2.54. The van der Waals surface area contributed by atoms with Crippen LogP contribution in [0.25, 0.3) is 0 Å². The van der Waals surface area contributed by atoms with E-state index in [-0.39, 0.29) is 8.41 Å². The molecular formula is C12H30BN. The topological polar surface area (TPSA) is 3.24 Å². The van der Waals surface area contributed by atoms with E-state index in [1.165, 1.54) is 6.42 Å². The fourth-order valence-electron chi connectivity index (χ4n) is 2.49. The van der Waals surface area contributed by atoms with Gasteiger partial charge in [0.1, 0.15) is 0 Å². The van der Waals surface area contributed by atoms with Crippen LogP contribution in [0.15, 0.2) is 0 Å². The van der Waals surface area contributed by atoms with Gasteiger partial charge in [0.25, 0.3) is 0 Å². The molecule has 0 rings (SSSR count). The van der Waals surface area contributed by atoms with Gasteiger partial charge in [0.05, 0.1) is 8.41 Å². The minimum atomic E-state index is 0. The molecule has 0 atom stereocenters. The number of nitrogens with zero attached hydrogens (tertiary/aromatic N) is 1.